The highest BCUT2D eigenvalue weighted by molar-refractivity contribution is 5.87. The van der Waals surface area contributed by atoms with Crippen molar-refractivity contribution in [3.63, 3.8) is 0 Å². The van der Waals surface area contributed by atoms with Crippen molar-refractivity contribution in [2.75, 3.05) is 6.54 Å². The minimum Gasteiger partial charge on any atom is -0.480 e. The average molecular weight is 309 g/mol. The molecule has 1 unspecified atom stereocenters. The number of carbonyl (C=O) groups excluding carboxylic acids is 2. The summed E-state index contributed by atoms with van der Waals surface area (Å²) in [4.78, 5) is 34.2. The van der Waals surface area contributed by atoms with Crippen LogP contribution in [0, 0.1) is 5.92 Å². The predicted octanol–water partition coefficient (Wildman–Crippen LogP) is 0.448. The quantitative estimate of drug-likeness (QED) is 0.555. The Morgan fingerprint density at radius 1 is 1.32 bits per heavy atom. The Hall–Kier alpha value is -2.51. The van der Waals surface area contributed by atoms with E-state index >= 15 is 0 Å². The third-order valence-corrected chi connectivity index (χ3v) is 3.31. The maximum Gasteiger partial charge on any atom is 0.326 e. The van der Waals surface area contributed by atoms with E-state index in [-0.39, 0.29) is 13.1 Å². The van der Waals surface area contributed by atoms with Gasteiger partial charge in [0.2, 0.25) is 5.91 Å². The number of amides is 3. The van der Waals surface area contributed by atoms with Crippen molar-refractivity contribution < 1.29 is 23.9 Å². The smallest absolute Gasteiger partial charge is 0.326 e. The lowest BCUT2D eigenvalue weighted by Crippen LogP contribution is -2.47. The van der Waals surface area contributed by atoms with E-state index in [0.29, 0.717) is 18.1 Å². The van der Waals surface area contributed by atoms with Crippen LogP contribution in [0.15, 0.2) is 22.8 Å². The average Bonchev–Trinajstić information content (AvgIpc) is 3.14. The molecule has 4 N–H and O–H groups in total. The first-order chi connectivity index (χ1) is 10.5. The van der Waals surface area contributed by atoms with Crippen LogP contribution in [0.4, 0.5) is 4.79 Å². The number of hydrogen-bond donors (Lipinski definition) is 4. The van der Waals surface area contributed by atoms with Crippen LogP contribution >= 0.6 is 0 Å². The second kappa shape index (κ2) is 7.48. The van der Waals surface area contributed by atoms with E-state index in [1.807, 2.05) is 0 Å². The van der Waals surface area contributed by atoms with Gasteiger partial charge in [0.15, 0.2) is 0 Å². The summed E-state index contributed by atoms with van der Waals surface area (Å²) < 4.78 is 5.04. The summed E-state index contributed by atoms with van der Waals surface area (Å²) in [5.41, 5.74) is 0. The Bertz CT molecular complexity index is 525. The first kappa shape index (κ1) is 15.9. The van der Waals surface area contributed by atoms with Crippen LogP contribution in [-0.4, -0.2) is 35.6 Å². The molecule has 3 amide bonds. The van der Waals surface area contributed by atoms with Gasteiger partial charge < -0.3 is 25.5 Å². The minimum atomic E-state index is -1.05. The largest absolute Gasteiger partial charge is 0.480 e. The summed E-state index contributed by atoms with van der Waals surface area (Å²) in [6.45, 7) is -0.0711. The maximum atomic E-state index is 11.7. The van der Waals surface area contributed by atoms with Gasteiger partial charge in [-0.25, -0.2) is 9.59 Å². The van der Waals surface area contributed by atoms with Crippen LogP contribution in [0.1, 0.15) is 25.0 Å². The molecule has 1 aliphatic carbocycles. The van der Waals surface area contributed by atoms with Crippen molar-refractivity contribution in [2.45, 2.75) is 31.8 Å². The number of carboxylic acid groups (broad SMARTS) is 1. The molecule has 1 atom stereocenters. The number of carboxylic acids is 1. The van der Waals surface area contributed by atoms with Crippen molar-refractivity contribution in [1.29, 1.82) is 0 Å². The molecule has 1 aromatic heterocycles. The van der Waals surface area contributed by atoms with Gasteiger partial charge in [0, 0.05) is 0 Å². The van der Waals surface area contributed by atoms with Crippen LogP contribution in [0.25, 0.3) is 0 Å². The molecular formula is C14H19N3O5. The SMILES string of the molecule is O=C(CNC(=O)NCc1ccco1)NC(CC1CC1)C(=O)O. The molecule has 1 fully saturated rings. The Morgan fingerprint density at radius 3 is 2.68 bits per heavy atom. The normalized spacial score (nSPS) is 14.9. The number of furan rings is 1. The van der Waals surface area contributed by atoms with Gasteiger partial charge in [-0.15, -0.1) is 0 Å². The zero-order valence-corrected chi connectivity index (χ0v) is 12.0. The molecular weight excluding hydrogens is 290 g/mol. The van der Waals surface area contributed by atoms with E-state index in [2.05, 4.69) is 16.0 Å². The fraction of sp³-hybridized carbons (Fsp3) is 0.500. The zero-order valence-electron chi connectivity index (χ0n) is 12.0. The number of urea groups is 1. The maximum absolute atomic E-state index is 11.7. The van der Waals surface area contributed by atoms with E-state index in [9.17, 15) is 14.4 Å². The van der Waals surface area contributed by atoms with E-state index in [0.717, 1.165) is 12.8 Å². The third kappa shape index (κ3) is 5.47. The summed E-state index contributed by atoms with van der Waals surface area (Å²) in [6.07, 6.45) is 3.94. The minimum absolute atomic E-state index is 0.208. The number of hydrogen-bond acceptors (Lipinski definition) is 4. The van der Waals surface area contributed by atoms with Gasteiger partial charge in [0.05, 0.1) is 19.4 Å². The standard InChI is InChI=1S/C14H19N3O5/c18-12(17-11(13(19)20)6-9-3-4-9)8-16-14(21)15-7-10-2-1-5-22-10/h1-2,5,9,11H,3-4,6-8H2,(H,17,18)(H,19,20)(H2,15,16,21). The fourth-order valence-electron chi connectivity index (χ4n) is 1.96. The lowest BCUT2D eigenvalue weighted by atomic mass is 10.1. The van der Waals surface area contributed by atoms with E-state index < -0.39 is 23.9 Å². The first-order valence-electron chi connectivity index (χ1n) is 7.11. The molecule has 120 valence electrons. The summed E-state index contributed by atoms with van der Waals surface area (Å²) >= 11 is 0. The molecule has 1 heterocycles. The Morgan fingerprint density at radius 2 is 2.09 bits per heavy atom. The second-order valence-corrected chi connectivity index (χ2v) is 5.25. The van der Waals surface area contributed by atoms with Gasteiger partial charge in [0.1, 0.15) is 11.8 Å². The molecule has 0 radical (unpaired) electrons. The van der Waals surface area contributed by atoms with Crippen LogP contribution in [0.5, 0.6) is 0 Å². The predicted molar refractivity (Wildman–Crippen MR) is 75.9 cm³/mol. The lowest BCUT2D eigenvalue weighted by Gasteiger charge is -2.14. The molecule has 22 heavy (non-hydrogen) atoms. The number of carbonyl (C=O) groups is 3. The number of nitrogens with one attached hydrogen (secondary N) is 3. The van der Waals surface area contributed by atoms with Crippen molar-refractivity contribution in [3.8, 4) is 0 Å². The molecule has 0 saturated heterocycles. The first-order valence-corrected chi connectivity index (χ1v) is 7.11. The highest BCUT2D eigenvalue weighted by Crippen LogP contribution is 2.33. The van der Waals surface area contributed by atoms with Crippen molar-refractivity contribution >= 4 is 17.9 Å². The topological polar surface area (TPSA) is 121 Å². The van der Waals surface area contributed by atoms with Crippen molar-refractivity contribution in [1.82, 2.24) is 16.0 Å². The van der Waals surface area contributed by atoms with Crippen molar-refractivity contribution in [2.24, 2.45) is 5.92 Å². The van der Waals surface area contributed by atoms with Crippen LogP contribution < -0.4 is 16.0 Å². The molecule has 8 nitrogen and oxygen atoms in total. The van der Waals surface area contributed by atoms with Gasteiger partial charge in [-0.05, 0) is 24.5 Å². The summed E-state index contributed by atoms with van der Waals surface area (Å²) in [7, 11) is 0. The summed E-state index contributed by atoms with van der Waals surface area (Å²) in [5, 5.41) is 16.3. The van der Waals surface area contributed by atoms with E-state index in [1.165, 1.54) is 6.26 Å². The van der Waals surface area contributed by atoms with Crippen molar-refractivity contribution in [3.05, 3.63) is 24.2 Å². The van der Waals surface area contributed by atoms with E-state index in [1.54, 1.807) is 12.1 Å². The number of rotatable bonds is 8. The monoisotopic (exact) mass is 309 g/mol. The Balaban J connectivity index is 1.65. The molecule has 1 saturated carbocycles. The van der Waals surface area contributed by atoms with Gasteiger partial charge in [-0.2, -0.15) is 0 Å². The zero-order chi connectivity index (χ0) is 15.9. The van der Waals surface area contributed by atoms with Gasteiger partial charge >= 0.3 is 12.0 Å². The third-order valence-electron chi connectivity index (χ3n) is 3.31. The van der Waals surface area contributed by atoms with Crippen LogP contribution in [0.3, 0.4) is 0 Å². The van der Waals surface area contributed by atoms with E-state index in [4.69, 9.17) is 9.52 Å². The van der Waals surface area contributed by atoms with Gasteiger partial charge in [-0.3, -0.25) is 4.79 Å². The molecule has 8 heteroatoms. The fourth-order valence-corrected chi connectivity index (χ4v) is 1.96. The summed E-state index contributed by atoms with van der Waals surface area (Å²) in [5.74, 6) is -0.607. The molecule has 2 rings (SSSR count). The molecule has 0 bridgehead atoms. The van der Waals surface area contributed by atoms with Crippen LogP contribution in [-0.2, 0) is 16.1 Å². The highest BCUT2D eigenvalue weighted by atomic mass is 16.4. The Labute approximate surface area is 127 Å². The highest BCUT2D eigenvalue weighted by Gasteiger charge is 2.30. The number of aliphatic carboxylic acids is 1. The Kier molecular flexibility index (Phi) is 5.40. The van der Waals surface area contributed by atoms with Crippen LogP contribution in [0.2, 0.25) is 0 Å². The molecule has 0 aliphatic heterocycles. The van der Waals surface area contributed by atoms with Gasteiger partial charge in [0.25, 0.3) is 0 Å². The molecule has 1 aromatic rings. The van der Waals surface area contributed by atoms with Gasteiger partial charge in [-0.1, -0.05) is 12.8 Å². The second-order valence-electron chi connectivity index (χ2n) is 5.25. The molecule has 0 spiro atoms. The molecule has 0 aromatic carbocycles. The summed E-state index contributed by atoms with van der Waals surface area (Å²) in [6, 6.07) is 1.99. The lowest BCUT2D eigenvalue weighted by molar-refractivity contribution is -0.142. The molecule has 1 aliphatic rings.